The smallest absolute Gasteiger partial charge is 0.261 e. The molecule has 2 aromatic carbocycles. The number of aryl methyl sites for hydroxylation is 1. The second-order valence-corrected chi connectivity index (χ2v) is 6.29. The van der Waals surface area contributed by atoms with Gasteiger partial charge in [-0.05, 0) is 48.4 Å². The Morgan fingerprint density at radius 3 is 2.20 bits per heavy atom. The van der Waals surface area contributed by atoms with Gasteiger partial charge in [0.2, 0.25) is 0 Å². The normalized spacial score (nSPS) is 13.5. The molecular weight excluding hydrogens is 312 g/mol. The number of nitrogens with zero attached hydrogens (tertiary/aromatic N) is 2. The quantitative estimate of drug-likeness (QED) is 0.527. The number of aromatic nitrogens is 1. The van der Waals surface area contributed by atoms with Crippen molar-refractivity contribution in [3.63, 3.8) is 0 Å². The van der Waals surface area contributed by atoms with Gasteiger partial charge in [0.25, 0.3) is 11.8 Å². The average molecular weight is 330 g/mol. The van der Waals surface area contributed by atoms with Crippen molar-refractivity contribution in [2.45, 2.75) is 19.3 Å². The SMILES string of the molecule is O=C1c2cccc3cccc(c23)C(=O)N1CCCCc1cccnc1. The molecule has 2 heterocycles. The summed E-state index contributed by atoms with van der Waals surface area (Å²) in [5, 5.41) is 1.72. The Hall–Kier alpha value is -3.01. The number of rotatable bonds is 5. The van der Waals surface area contributed by atoms with Crippen LogP contribution in [0.1, 0.15) is 39.1 Å². The number of imide groups is 1. The molecule has 1 aromatic heterocycles. The zero-order valence-electron chi connectivity index (χ0n) is 13.8. The zero-order chi connectivity index (χ0) is 17.2. The Bertz CT molecular complexity index is 900. The third-order valence-electron chi connectivity index (χ3n) is 4.68. The molecule has 0 radical (unpaired) electrons. The molecule has 4 heteroatoms. The van der Waals surface area contributed by atoms with Crippen LogP contribution < -0.4 is 0 Å². The molecule has 4 nitrogen and oxygen atoms in total. The van der Waals surface area contributed by atoms with Crippen LogP contribution in [0.15, 0.2) is 60.9 Å². The van der Waals surface area contributed by atoms with Gasteiger partial charge in [0.05, 0.1) is 0 Å². The number of pyridine rings is 1. The highest BCUT2D eigenvalue weighted by Gasteiger charge is 2.31. The van der Waals surface area contributed by atoms with Crippen LogP contribution >= 0.6 is 0 Å². The molecule has 1 aliphatic heterocycles. The van der Waals surface area contributed by atoms with E-state index in [1.165, 1.54) is 10.5 Å². The van der Waals surface area contributed by atoms with Crippen molar-refractivity contribution in [1.82, 2.24) is 9.88 Å². The van der Waals surface area contributed by atoms with Gasteiger partial charge in [-0.25, -0.2) is 0 Å². The lowest BCUT2D eigenvalue weighted by Gasteiger charge is -2.27. The maximum Gasteiger partial charge on any atom is 0.261 e. The summed E-state index contributed by atoms with van der Waals surface area (Å²) in [6.07, 6.45) is 6.20. The molecule has 2 amide bonds. The Kier molecular flexibility index (Phi) is 4.02. The highest BCUT2D eigenvalue weighted by atomic mass is 16.2. The number of hydrogen-bond donors (Lipinski definition) is 0. The number of carbonyl (C=O) groups is 2. The van der Waals surface area contributed by atoms with Crippen molar-refractivity contribution in [1.29, 1.82) is 0 Å². The Labute approximate surface area is 146 Å². The predicted molar refractivity (Wildman–Crippen MR) is 96.5 cm³/mol. The molecular formula is C21H18N2O2. The lowest BCUT2D eigenvalue weighted by atomic mass is 9.94. The first-order chi connectivity index (χ1) is 12.3. The topological polar surface area (TPSA) is 50.3 Å². The third-order valence-corrected chi connectivity index (χ3v) is 4.68. The minimum absolute atomic E-state index is 0.185. The molecule has 0 fully saturated rings. The van der Waals surface area contributed by atoms with Gasteiger partial charge in [0.1, 0.15) is 0 Å². The number of carbonyl (C=O) groups excluding carboxylic acids is 2. The summed E-state index contributed by atoms with van der Waals surface area (Å²) in [7, 11) is 0. The van der Waals surface area contributed by atoms with Crippen LogP contribution in [0, 0.1) is 0 Å². The Balaban J connectivity index is 1.50. The fourth-order valence-corrected chi connectivity index (χ4v) is 3.43. The molecule has 0 saturated heterocycles. The van der Waals surface area contributed by atoms with E-state index >= 15 is 0 Å². The fraction of sp³-hybridized carbons (Fsp3) is 0.190. The Morgan fingerprint density at radius 2 is 1.56 bits per heavy atom. The van der Waals surface area contributed by atoms with E-state index in [9.17, 15) is 9.59 Å². The van der Waals surface area contributed by atoms with Gasteiger partial charge in [-0.15, -0.1) is 0 Å². The molecule has 0 saturated carbocycles. The van der Waals surface area contributed by atoms with Crippen LogP contribution in [-0.4, -0.2) is 28.2 Å². The highest BCUT2D eigenvalue weighted by molar-refractivity contribution is 6.25. The summed E-state index contributed by atoms with van der Waals surface area (Å²) >= 11 is 0. The van der Waals surface area contributed by atoms with E-state index in [2.05, 4.69) is 4.98 Å². The maximum atomic E-state index is 12.8. The second-order valence-electron chi connectivity index (χ2n) is 6.29. The van der Waals surface area contributed by atoms with Crippen molar-refractivity contribution in [3.8, 4) is 0 Å². The largest absolute Gasteiger partial charge is 0.274 e. The third kappa shape index (κ3) is 2.80. The van der Waals surface area contributed by atoms with Crippen LogP contribution in [0.25, 0.3) is 10.8 Å². The molecule has 25 heavy (non-hydrogen) atoms. The van der Waals surface area contributed by atoms with E-state index in [1.807, 2.05) is 54.7 Å². The first-order valence-electron chi connectivity index (χ1n) is 8.52. The van der Waals surface area contributed by atoms with E-state index < -0.39 is 0 Å². The van der Waals surface area contributed by atoms with Crippen LogP contribution in [0.3, 0.4) is 0 Å². The van der Waals surface area contributed by atoms with E-state index in [0.717, 1.165) is 30.0 Å². The first-order valence-corrected chi connectivity index (χ1v) is 8.52. The molecule has 4 rings (SSSR count). The van der Waals surface area contributed by atoms with Gasteiger partial charge < -0.3 is 0 Å². The van der Waals surface area contributed by atoms with Crippen molar-refractivity contribution in [2.75, 3.05) is 6.54 Å². The minimum atomic E-state index is -0.185. The molecule has 3 aromatic rings. The average Bonchev–Trinajstić information content (AvgIpc) is 2.66. The van der Waals surface area contributed by atoms with Crippen LogP contribution in [0.4, 0.5) is 0 Å². The maximum absolute atomic E-state index is 12.8. The van der Waals surface area contributed by atoms with Gasteiger partial charge >= 0.3 is 0 Å². The van der Waals surface area contributed by atoms with Crippen LogP contribution in [0.2, 0.25) is 0 Å². The molecule has 0 atom stereocenters. The van der Waals surface area contributed by atoms with Gasteiger partial charge in [-0.3, -0.25) is 19.5 Å². The fourth-order valence-electron chi connectivity index (χ4n) is 3.43. The lowest BCUT2D eigenvalue weighted by Crippen LogP contribution is -2.40. The van der Waals surface area contributed by atoms with E-state index in [0.29, 0.717) is 17.7 Å². The van der Waals surface area contributed by atoms with Gasteiger partial charge in [-0.1, -0.05) is 30.3 Å². The number of unbranched alkanes of at least 4 members (excludes halogenated alkanes) is 1. The Morgan fingerprint density at radius 1 is 0.840 bits per heavy atom. The van der Waals surface area contributed by atoms with Crippen LogP contribution in [0.5, 0.6) is 0 Å². The molecule has 0 N–H and O–H groups in total. The van der Waals surface area contributed by atoms with E-state index in [4.69, 9.17) is 0 Å². The molecule has 1 aliphatic rings. The molecule has 0 spiro atoms. The van der Waals surface area contributed by atoms with Crippen molar-refractivity contribution < 1.29 is 9.59 Å². The molecule has 0 bridgehead atoms. The number of amides is 2. The number of benzene rings is 2. The van der Waals surface area contributed by atoms with E-state index in [-0.39, 0.29) is 11.8 Å². The van der Waals surface area contributed by atoms with Gasteiger partial charge in [0.15, 0.2) is 0 Å². The monoisotopic (exact) mass is 330 g/mol. The van der Waals surface area contributed by atoms with Crippen LogP contribution in [-0.2, 0) is 6.42 Å². The first kappa shape index (κ1) is 15.5. The number of hydrogen-bond acceptors (Lipinski definition) is 3. The van der Waals surface area contributed by atoms with Gasteiger partial charge in [0, 0.05) is 35.5 Å². The molecule has 0 unspecified atom stereocenters. The van der Waals surface area contributed by atoms with E-state index in [1.54, 1.807) is 6.20 Å². The second kappa shape index (κ2) is 6.48. The van der Waals surface area contributed by atoms with Crippen molar-refractivity contribution in [3.05, 3.63) is 77.6 Å². The van der Waals surface area contributed by atoms with Crippen molar-refractivity contribution in [2.24, 2.45) is 0 Å². The standard InChI is InChI=1S/C21H18N2O2/c24-20-17-10-3-8-16-9-4-11-18(19(16)17)21(25)23(20)13-2-1-6-15-7-5-12-22-14-15/h3-5,7-12,14H,1-2,6,13H2. The molecule has 0 aliphatic carbocycles. The highest BCUT2D eigenvalue weighted by Crippen LogP contribution is 2.30. The summed E-state index contributed by atoms with van der Waals surface area (Å²) in [4.78, 5) is 31.0. The van der Waals surface area contributed by atoms with Crippen molar-refractivity contribution >= 4 is 22.6 Å². The zero-order valence-corrected chi connectivity index (χ0v) is 13.8. The summed E-state index contributed by atoms with van der Waals surface area (Å²) in [5.41, 5.74) is 2.42. The summed E-state index contributed by atoms with van der Waals surface area (Å²) in [6, 6.07) is 15.2. The lowest BCUT2D eigenvalue weighted by molar-refractivity contribution is 0.0608. The summed E-state index contributed by atoms with van der Waals surface area (Å²) in [6.45, 7) is 0.447. The predicted octanol–water partition coefficient (Wildman–Crippen LogP) is 3.85. The molecule has 124 valence electrons. The minimum Gasteiger partial charge on any atom is -0.274 e. The van der Waals surface area contributed by atoms with Gasteiger partial charge in [-0.2, -0.15) is 0 Å². The summed E-state index contributed by atoms with van der Waals surface area (Å²) < 4.78 is 0. The summed E-state index contributed by atoms with van der Waals surface area (Å²) in [5.74, 6) is -0.369.